The van der Waals surface area contributed by atoms with Crippen molar-refractivity contribution in [1.82, 2.24) is 4.90 Å². The Bertz CT molecular complexity index is 1280. The number of nitro benzene ring substituents is 1. The van der Waals surface area contributed by atoms with Crippen LogP contribution in [0.5, 0.6) is 11.5 Å². The molecule has 0 N–H and O–H groups in total. The highest BCUT2D eigenvalue weighted by Gasteiger charge is 2.32. The maximum absolute atomic E-state index is 12.9. The molecule has 1 atom stereocenters. The SMILES string of the molecule is CN1C(=O)C(c2ccc(OCCCCN(CCOc3ccc([N+](=O)[O-])cc3)C3CC3)cc2)Sc2ccccc21. The lowest BCUT2D eigenvalue weighted by Crippen LogP contribution is -2.33. The van der Waals surface area contributed by atoms with Gasteiger partial charge in [0.15, 0.2) is 0 Å². The molecule has 9 heteroatoms. The van der Waals surface area contributed by atoms with Crippen LogP contribution in [0.4, 0.5) is 11.4 Å². The molecule has 0 bridgehead atoms. The maximum Gasteiger partial charge on any atom is 0.269 e. The first-order valence-corrected chi connectivity index (χ1v) is 14.2. The topological polar surface area (TPSA) is 85.2 Å². The molecule has 1 unspecified atom stereocenters. The largest absolute Gasteiger partial charge is 0.494 e. The number of hydrogen-bond donors (Lipinski definition) is 0. The minimum atomic E-state index is -0.408. The average Bonchev–Trinajstić information content (AvgIpc) is 3.80. The smallest absolute Gasteiger partial charge is 0.269 e. The van der Waals surface area contributed by atoms with E-state index in [4.69, 9.17) is 9.47 Å². The predicted octanol–water partition coefficient (Wildman–Crippen LogP) is 6.11. The molecular formula is C30H33N3O5S. The van der Waals surface area contributed by atoms with E-state index in [1.54, 1.807) is 28.8 Å². The van der Waals surface area contributed by atoms with Gasteiger partial charge in [-0.1, -0.05) is 24.3 Å². The quantitative estimate of drug-likeness (QED) is 0.145. The second-order valence-electron chi connectivity index (χ2n) is 9.85. The molecule has 1 saturated carbocycles. The number of para-hydroxylation sites is 1. The van der Waals surface area contributed by atoms with Crippen molar-refractivity contribution in [2.75, 3.05) is 38.3 Å². The molecule has 1 aliphatic carbocycles. The first kappa shape index (κ1) is 27.0. The van der Waals surface area contributed by atoms with E-state index in [2.05, 4.69) is 11.0 Å². The highest BCUT2D eigenvalue weighted by molar-refractivity contribution is 8.00. The van der Waals surface area contributed by atoms with Crippen molar-refractivity contribution in [1.29, 1.82) is 0 Å². The van der Waals surface area contributed by atoms with Crippen molar-refractivity contribution in [3.8, 4) is 11.5 Å². The van der Waals surface area contributed by atoms with Crippen LogP contribution in [0.15, 0.2) is 77.7 Å². The van der Waals surface area contributed by atoms with Crippen molar-refractivity contribution < 1.29 is 19.2 Å². The Kier molecular flexibility index (Phi) is 8.68. The van der Waals surface area contributed by atoms with Crippen molar-refractivity contribution in [2.24, 2.45) is 0 Å². The number of unbranched alkanes of at least 4 members (excludes halogenated alkanes) is 1. The molecule has 1 fully saturated rings. The third-order valence-electron chi connectivity index (χ3n) is 7.08. The van der Waals surface area contributed by atoms with E-state index in [1.165, 1.54) is 25.0 Å². The van der Waals surface area contributed by atoms with Crippen molar-refractivity contribution in [2.45, 2.75) is 41.9 Å². The van der Waals surface area contributed by atoms with Gasteiger partial charge < -0.3 is 14.4 Å². The Morgan fingerprint density at radius 2 is 1.59 bits per heavy atom. The molecule has 0 aromatic heterocycles. The fourth-order valence-corrected chi connectivity index (χ4v) is 6.01. The first-order chi connectivity index (χ1) is 19.0. The molecule has 2 aliphatic rings. The lowest BCUT2D eigenvalue weighted by Gasteiger charge is -2.31. The Morgan fingerprint density at radius 1 is 0.923 bits per heavy atom. The van der Waals surface area contributed by atoms with Crippen LogP contribution >= 0.6 is 11.8 Å². The number of nitrogens with zero attached hydrogens (tertiary/aromatic N) is 3. The maximum atomic E-state index is 12.9. The van der Waals surface area contributed by atoms with Gasteiger partial charge in [0.2, 0.25) is 5.91 Å². The summed E-state index contributed by atoms with van der Waals surface area (Å²) in [5, 5.41) is 10.5. The van der Waals surface area contributed by atoms with Crippen molar-refractivity contribution in [3.63, 3.8) is 0 Å². The van der Waals surface area contributed by atoms with E-state index in [1.807, 2.05) is 49.5 Å². The van der Waals surface area contributed by atoms with Crippen LogP contribution in [-0.4, -0.2) is 55.1 Å². The number of hydrogen-bond acceptors (Lipinski definition) is 7. The molecule has 1 heterocycles. The van der Waals surface area contributed by atoms with Gasteiger partial charge in [-0.05, 0) is 74.2 Å². The second kappa shape index (κ2) is 12.5. The van der Waals surface area contributed by atoms with Gasteiger partial charge in [0, 0.05) is 36.7 Å². The minimum Gasteiger partial charge on any atom is -0.494 e. The summed E-state index contributed by atoms with van der Waals surface area (Å²) < 4.78 is 11.8. The number of rotatable bonds is 13. The minimum absolute atomic E-state index is 0.0671. The van der Waals surface area contributed by atoms with Crippen LogP contribution in [0, 0.1) is 10.1 Å². The molecule has 204 valence electrons. The normalized spacial score (nSPS) is 16.7. The molecule has 0 spiro atoms. The van der Waals surface area contributed by atoms with Gasteiger partial charge >= 0.3 is 0 Å². The van der Waals surface area contributed by atoms with Crippen LogP contribution in [0.1, 0.15) is 36.5 Å². The van der Waals surface area contributed by atoms with Gasteiger partial charge in [0.25, 0.3) is 5.69 Å². The number of benzene rings is 3. The monoisotopic (exact) mass is 547 g/mol. The summed E-state index contributed by atoms with van der Waals surface area (Å²) in [4.78, 5) is 28.6. The highest BCUT2D eigenvalue weighted by atomic mass is 32.2. The van der Waals surface area contributed by atoms with Crippen molar-refractivity contribution in [3.05, 3.63) is 88.5 Å². The van der Waals surface area contributed by atoms with Gasteiger partial charge in [-0.3, -0.25) is 19.8 Å². The first-order valence-electron chi connectivity index (χ1n) is 13.4. The molecule has 0 radical (unpaired) electrons. The number of ether oxygens (including phenoxy) is 2. The lowest BCUT2D eigenvalue weighted by atomic mass is 10.1. The highest BCUT2D eigenvalue weighted by Crippen LogP contribution is 2.46. The Balaban J connectivity index is 1.03. The third-order valence-corrected chi connectivity index (χ3v) is 8.38. The molecule has 5 rings (SSSR count). The number of carbonyl (C=O) groups excluding carboxylic acids is 1. The zero-order chi connectivity index (χ0) is 27.2. The van der Waals surface area contributed by atoms with Crippen LogP contribution in [0.25, 0.3) is 0 Å². The number of amides is 1. The van der Waals surface area contributed by atoms with Gasteiger partial charge in [0.05, 0.1) is 17.2 Å². The number of nitro groups is 1. The van der Waals surface area contributed by atoms with E-state index in [0.717, 1.165) is 47.8 Å². The standard InChI is InChI=1S/C30H33N3O5S/c1-31-27-6-2-3-7-28(27)39-29(30(31)34)22-8-14-25(15-9-22)37-20-5-4-18-32(23-10-11-23)19-21-38-26-16-12-24(13-17-26)33(35)36/h2-3,6-9,12-17,23,29H,4-5,10-11,18-21H2,1H3. The summed E-state index contributed by atoms with van der Waals surface area (Å²) in [7, 11) is 1.84. The number of anilines is 1. The van der Waals surface area contributed by atoms with Crippen LogP contribution < -0.4 is 14.4 Å². The lowest BCUT2D eigenvalue weighted by molar-refractivity contribution is -0.384. The number of likely N-dealkylation sites (N-methyl/N-ethyl adjacent to an activating group) is 1. The number of carbonyl (C=O) groups is 1. The molecule has 39 heavy (non-hydrogen) atoms. The van der Waals surface area contributed by atoms with Crippen molar-refractivity contribution >= 4 is 29.0 Å². The molecule has 0 saturated heterocycles. The van der Waals surface area contributed by atoms with Gasteiger partial charge in [-0.2, -0.15) is 0 Å². The zero-order valence-electron chi connectivity index (χ0n) is 22.0. The second-order valence-corrected chi connectivity index (χ2v) is 11.0. The predicted molar refractivity (Wildman–Crippen MR) is 153 cm³/mol. The average molecular weight is 548 g/mol. The fourth-order valence-electron chi connectivity index (χ4n) is 4.72. The van der Waals surface area contributed by atoms with Crippen LogP contribution in [0.2, 0.25) is 0 Å². The van der Waals surface area contributed by atoms with E-state index >= 15 is 0 Å². The fraction of sp³-hybridized carbons (Fsp3) is 0.367. The Labute approximate surface area is 233 Å². The third kappa shape index (κ3) is 6.91. The summed E-state index contributed by atoms with van der Waals surface area (Å²) >= 11 is 1.60. The summed E-state index contributed by atoms with van der Waals surface area (Å²) in [5.41, 5.74) is 2.01. The van der Waals surface area contributed by atoms with Gasteiger partial charge in [-0.15, -0.1) is 11.8 Å². The number of non-ortho nitro benzene ring substituents is 1. The number of fused-ring (bicyclic) bond motifs is 1. The summed E-state index contributed by atoms with van der Waals surface area (Å²) in [6.07, 6.45) is 4.44. The molecular weight excluding hydrogens is 514 g/mol. The Morgan fingerprint density at radius 3 is 2.28 bits per heavy atom. The van der Waals surface area contributed by atoms with E-state index in [9.17, 15) is 14.9 Å². The molecule has 1 amide bonds. The molecule has 8 nitrogen and oxygen atoms in total. The summed E-state index contributed by atoms with van der Waals surface area (Å²) in [5.74, 6) is 1.56. The van der Waals surface area contributed by atoms with Gasteiger partial charge in [-0.25, -0.2) is 0 Å². The summed E-state index contributed by atoms with van der Waals surface area (Å²) in [6, 6.07) is 22.7. The molecule has 3 aromatic carbocycles. The molecule has 1 aliphatic heterocycles. The van der Waals surface area contributed by atoms with Crippen LogP contribution in [-0.2, 0) is 4.79 Å². The summed E-state index contributed by atoms with van der Waals surface area (Å²) in [6.45, 7) is 3.03. The van der Waals surface area contributed by atoms with Gasteiger partial charge in [0.1, 0.15) is 23.4 Å². The number of thioether (sulfide) groups is 1. The Hall–Kier alpha value is -3.56. The van der Waals surface area contributed by atoms with E-state index in [-0.39, 0.29) is 16.8 Å². The van der Waals surface area contributed by atoms with Crippen LogP contribution in [0.3, 0.4) is 0 Å². The van der Waals surface area contributed by atoms with E-state index in [0.29, 0.717) is 25.0 Å². The molecule has 3 aromatic rings. The zero-order valence-corrected chi connectivity index (χ0v) is 22.8. The van der Waals surface area contributed by atoms with E-state index < -0.39 is 4.92 Å².